The number of anilines is 1. The number of aliphatic hydroxyl groups excluding tert-OH is 4. The molecular formula is C20H24N9O10P. The molecule has 0 aromatic carbocycles. The molecule has 4 aromatic rings. The summed E-state index contributed by atoms with van der Waals surface area (Å²) < 4.78 is 32.7. The fourth-order valence-corrected chi connectivity index (χ4v) is 6.64. The maximum atomic E-state index is 13.5. The number of nitrogen functional groups attached to an aromatic ring is 1. The van der Waals surface area contributed by atoms with E-state index in [1.54, 1.807) is 0 Å². The summed E-state index contributed by atoms with van der Waals surface area (Å²) in [7, 11) is -4.83. The van der Waals surface area contributed by atoms with E-state index in [2.05, 4.69) is 30.0 Å². The summed E-state index contributed by atoms with van der Waals surface area (Å²) in [5, 5.41) is 45.7. The van der Waals surface area contributed by atoms with Crippen LogP contribution in [0.15, 0.2) is 30.0 Å². The third-order valence-corrected chi connectivity index (χ3v) is 8.82. The van der Waals surface area contributed by atoms with Crippen molar-refractivity contribution in [2.45, 2.75) is 48.5 Å². The zero-order chi connectivity index (χ0) is 28.3. The average Bonchev–Trinajstić information content (AvgIpc) is 3.68. The molecule has 4 aromatic heterocycles. The normalized spacial score (nSPS) is 32.2. The van der Waals surface area contributed by atoms with Crippen molar-refractivity contribution in [3.05, 3.63) is 41.2 Å². The van der Waals surface area contributed by atoms with E-state index in [9.17, 15) is 34.7 Å². The first-order chi connectivity index (χ1) is 19.1. The van der Waals surface area contributed by atoms with E-state index < -0.39 is 74.9 Å². The number of nitrogens with one attached hydrogen (secondary N) is 1. The molecule has 2 aliphatic rings. The van der Waals surface area contributed by atoms with Gasteiger partial charge < -0.3 is 50.0 Å². The summed E-state index contributed by atoms with van der Waals surface area (Å²) in [6, 6.07) is 0. The Kier molecular flexibility index (Phi) is 6.64. The maximum Gasteiger partial charge on any atom is 0.337 e. The Balaban J connectivity index is 1.24. The first-order valence-corrected chi connectivity index (χ1v) is 13.5. The predicted octanol–water partition coefficient (Wildman–Crippen LogP) is -3.18. The molecule has 0 amide bonds. The van der Waals surface area contributed by atoms with Gasteiger partial charge in [0.05, 0.1) is 37.5 Å². The fraction of sp³-hybridized carbons (Fsp3) is 0.500. The third kappa shape index (κ3) is 4.19. The first-order valence-electron chi connectivity index (χ1n) is 11.9. The van der Waals surface area contributed by atoms with Crippen molar-refractivity contribution in [3.63, 3.8) is 0 Å². The molecule has 6 heterocycles. The molecule has 8 N–H and O–H groups in total. The standard InChI is InChI=1S/C20H24N9O10P/c21-16-10-17(24-4-23-16)28(6-26-10)20-13(33)11(31)9(39-20)3-37-40(35,36)15-12(32)8(2-30)38-14(15)7-1-22-18-19(34)25-5-27-29(7)18/h1,4-6,8-9,11-15,20,30-33H,2-3H2,(H,35,36)(H2,21,23,24)(H,25,27,34)/t8-,9-,11-,12-,13-,14+,15-,20-/m1/s1. The molecule has 20 heteroatoms. The van der Waals surface area contributed by atoms with Gasteiger partial charge in [0.25, 0.3) is 5.56 Å². The summed E-state index contributed by atoms with van der Waals surface area (Å²) in [5.41, 5.74) is 3.96. The van der Waals surface area contributed by atoms with Crippen LogP contribution >= 0.6 is 7.60 Å². The first kappa shape index (κ1) is 26.8. The number of fused-ring (bicyclic) bond motifs is 2. The second-order valence-electron chi connectivity index (χ2n) is 9.28. The molecule has 19 nitrogen and oxygen atoms in total. The Morgan fingerprint density at radius 2 is 1.88 bits per heavy atom. The number of aromatic nitrogens is 8. The lowest BCUT2D eigenvalue weighted by Crippen LogP contribution is -2.36. The van der Waals surface area contributed by atoms with Gasteiger partial charge in [-0.2, -0.15) is 5.10 Å². The topological polar surface area (TPSA) is 279 Å². The van der Waals surface area contributed by atoms with Crippen LogP contribution in [0.4, 0.5) is 5.82 Å². The number of nitrogens with zero attached hydrogens (tertiary/aromatic N) is 7. The number of hydrogen-bond acceptors (Lipinski definition) is 15. The molecule has 0 bridgehead atoms. The number of aromatic amines is 1. The summed E-state index contributed by atoms with van der Waals surface area (Å²) >= 11 is 0. The lowest BCUT2D eigenvalue weighted by molar-refractivity contribution is -0.0490. The molecule has 2 saturated heterocycles. The van der Waals surface area contributed by atoms with Crippen LogP contribution in [0, 0.1) is 0 Å². The van der Waals surface area contributed by atoms with Gasteiger partial charge in [-0.05, 0) is 0 Å². The molecule has 0 saturated carbocycles. The second-order valence-corrected chi connectivity index (χ2v) is 11.3. The van der Waals surface area contributed by atoms with E-state index in [0.717, 1.165) is 10.8 Å². The van der Waals surface area contributed by atoms with Crippen molar-refractivity contribution in [1.29, 1.82) is 0 Å². The Morgan fingerprint density at radius 1 is 1.07 bits per heavy atom. The lowest BCUT2D eigenvalue weighted by atomic mass is 10.1. The lowest BCUT2D eigenvalue weighted by Gasteiger charge is -2.26. The van der Waals surface area contributed by atoms with Crippen molar-refractivity contribution < 1.29 is 43.9 Å². The van der Waals surface area contributed by atoms with Crippen molar-refractivity contribution >= 4 is 30.2 Å². The minimum Gasteiger partial charge on any atom is -0.394 e. The maximum absolute atomic E-state index is 13.5. The van der Waals surface area contributed by atoms with Crippen LogP contribution in [0.2, 0.25) is 0 Å². The smallest absolute Gasteiger partial charge is 0.337 e. The molecule has 214 valence electrons. The largest absolute Gasteiger partial charge is 0.394 e. The molecule has 6 rings (SSSR count). The summed E-state index contributed by atoms with van der Waals surface area (Å²) in [4.78, 5) is 41.4. The van der Waals surface area contributed by atoms with Crippen LogP contribution in [0.25, 0.3) is 16.8 Å². The fourth-order valence-electron chi connectivity index (χ4n) is 4.97. The SMILES string of the molecule is Nc1ncnc2c1ncn2[C@@H]1O[C@H](COP(=O)(O)[C@@H]2[C@H](O)[C@@H](CO)O[C@H]2c2cnc3c(=O)[nH]cnn23)[C@@H](O)[C@H]1O. The Morgan fingerprint density at radius 3 is 2.65 bits per heavy atom. The number of nitrogens with two attached hydrogens (primary N) is 1. The monoisotopic (exact) mass is 581 g/mol. The van der Waals surface area contributed by atoms with Crippen LogP contribution in [0.3, 0.4) is 0 Å². The number of imidazole rings is 2. The molecule has 2 fully saturated rings. The summed E-state index contributed by atoms with van der Waals surface area (Å²) in [5.74, 6) is 0.0942. The van der Waals surface area contributed by atoms with Crippen LogP contribution < -0.4 is 11.3 Å². The number of H-pyrrole nitrogens is 1. The minimum absolute atomic E-state index is 0.0554. The van der Waals surface area contributed by atoms with Gasteiger partial charge in [-0.1, -0.05) is 0 Å². The molecule has 40 heavy (non-hydrogen) atoms. The van der Waals surface area contributed by atoms with Crippen molar-refractivity contribution in [3.8, 4) is 0 Å². The number of ether oxygens (including phenoxy) is 2. The van der Waals surface area contributed by atoms with Crippen LogP contribution in [0.5, 0.6) is 0 Å². The number of rotatable bonds is 7. The van der Waals surface area contributed by atoms with Crippen LogP contribution in [0.1, 0.15) is 18.0 Å². The Labute approximate surface area is 222 Å². The molecule has 9 atom stereocenters. The van der Waals surface area contributed by atoms with E-state index in [4.69, 9.17) is 19.7 Å². The number of aliphatic hydroxyl groups is 4. The second kappa shape index (κ2) is 9.91. The van der Waals surface area contributed by atoms with Crippen molar-refractivity contribution in [2.24, 2.45) is 0 Å². The summed E-state index contributed by atoms with van der Waals surface area (Å²) in [6.07, 6.45) is -5.10. The van der Waals surface area contributed by atoms with Gasteiger partial charge in [0.1, 0.15) is 54.4 Å². The zero-order valence-corrected chi connectivity index (χ0v) is 21.2. The van der Waals surface area contributed by atoms with Gasteiger partial charge >= 0.3 is 7.60 Å². The highest BCUT2D eigenvalue weighted by molar-refractivity contribution is 7.53. The van der Waals surface area contributed by atoms with E-state index in [-0.39, 0.29) is 28.3 Å². The molecule has 1 unspecified atom stereocenters. The van der Waals surface area contributed by atoms with Crippen LogP contribution in [-0.4, -0.2) is 114 Å². The van der Waals surface area contributed by atoms with Gasteiger partial charge in [-0.15, -0.1) is 0 Å². The van der Waals surface area contributed by atoms with E-state index >= 15 is 0 Å². The van der Waals surface area contributed by atoms with Crippen molar-refractivity contribution in [2.75, 3.05) is 18.9 Å². The molecule has 0 aliphatic carbocycles. The van der Waals surface area contributed by atoms with E-state index in [0.29, 0.717) is 0 Å². The average molecular weight is 581 g/mol. The molecule has 2 aliphatic heterocycles. The minimum atomic E-state index is -4.83. The van der Waals surface area contributed by atoms with Gasteiger partial charge in [-0.3, -0.25) is 13.9 Å². The van der Waals surface area contributed by atoms with E-state index in [1.807, 2.05) is 0 Å². The Bertz CT molecular complexity index is 1660. The van der Waals surface area contributed by atoms with Crippen molar-refractivity contribution in [1.82, 2.24) is 39.1 Å². The molecule has 0 spiro atoms. The Hall–Kier alpha value is -3.39. The number of hydrogen-bond donors (Lipinski definition) is 7. The highest BCUT2D eigenvalue weighted by atomic mass is 31.2. The molecule has 0 radical (unpaired) electrons. The predicted molar refractivity (Wildman–Crippen MR) is 130 cm³/mol. The molecular weight excluding hydrogens is 557 g/mol. The van der Waals surface area contributed by atoms with Gasteiger partial charge in [0, 0.05) is 0 Å². The zero-order valence-electron chi connectivity index (χ0n) is 20.3. The van der Waals surface area contributed by atoms with Gasteiger partial charge in [0.2, 0.25) is 5.65 Å². The highest BCUT2D eigenvalue weighted by Crippen LogP contribution is 2.58. The highest BCUT2D eigenvalue weighted by Gasteiger charge is 2.56. The van der Waals surface area contributed by atoms with Gasteiger partial charge in [0.15, 0.2) is 17.7 Å². The summed E-state index contributed by atoms with van der Waals surface area (Å²) in [6.45, 7) is -1.37. The van der Waals surface area contributed by atoms with Gasteiger partial charge in [-0.25, -0.2) is 24.5 Å². The van der Waals surface area contributed by atoms with Crippen LogP contribution in [-0.2, 0) is 18.6 Å². The van der Waals surface area contributed by atoms with E-state index in [1.165, 1.54) is 23.4 Å². The quantitative estimate of drug-likeness (QED) is 0.106. The third-order valence-electron chi connectivity index (χ3n) is 6.97.